The van der Waals surface area contributed by atoms with Crippen LogP contribution in [0.25, 0.3) is 32.8 Å². The van der Waals surface area contributed by atoms with Gasteiger partial charge in [-0.1, -0.05) is 66.7 Å². The van der Waals surface area contributed by atoms with E-state index in [2.05, 4.69) is 71.8 Å². The lowest BCUT2D eigenvalue weighted by molar-refractivity contribution is 1.48. The SMILES string of the molecule is c1ccc(-c2c[nH]c3c2ccc2ccccc23)cc1. The molecular weight excluding hydrogens is 230 g/mol. The molecule has 0 unspecified atom stereocenters. The molecule has 1 N–H and O–H groups in total. The van der Waals surface area contributed by atoms with Gasteiger partial charge >= 0.3 is 0 Å². The molecule has 0 fully saturated rings. The Hall–Kier alpha value is -2.54. The lowest BCUT2D eigenvalue weighted by Crippen LogP contribution is -1.76. The number of H-pyrrole nitrogens is 1. The number of hydrogen-bond donors (Lipinski definition) is 1. The summed E-state index contributed by atoms with van der Waals surface area (Å²) in [6, 6.07) is 23.4. The van der Waals surface area contributed by atoms with Crippen molar-refractivity contribution in [3.05, 3.63) is 72.9 Å². The number of aromatic nitrogens is 1. The van der Waals surface area contributed by atoms with Crippen molar-refractivity contribution in [2.24, 2.45) is 0 Å². The Bertz CT molecular complexity index is 857. The smallest absolute Gasteiger partial charge is 0.0540 e. The Morgan fingerprint density at radius 2 is 1.42 bits per heavy atom. The van der Waals surface area contributed by atoms with Crippen molar-refractivity contribution in [2.75, 3.05) is 0 Å². The molecule has 0 radical (unpaired) electrons. The lowest BCUT2D eigenvalue weighted by Gasteiger charge is -2.01. The Kier molecular flexibility index (Phi) is 2.18. The van der Waals surface area contributed by atoms with Crippen LogP contribution in [0.1, 0.15) is 0 Å². The molecule has 4 aromatic rings. The normalized spacial score (nSPS) is 11.2. The minimum atomic E-state index is 1.22. The standard InChI is InChI=1S/C18H13N/c1-2-6-13(7-3-1)17-12-19-18-15-9-5-4-8-14(15)10-11-16(17)18/h1-12,19H. The number of aromatic amines is 1. The highest BCUT2D eigenvalue weighted by Crippen LogP contribution is 2.32. The average Bonchev–Trinajstić information content (AvgIpc) is 2.92. The van der Waals surface area contributed by atoms with Crippen LogP contribution in [0.4, 0.5) is 0 Å². The summed E-state index contributed by atoms with van der Waals surface area (Å²) in [4.78, 5) is 3.43. The second-order valence-electron chi connectivity index (χ2n) is 4.78. The zero-order valence-electron chi connectivity index (χ0n) is 10.4. The molecule has 1 heteroatoms. The van der Waals surface area contributed by atoms with E-state index in [0.29, 0.717) is 0 Å². The average molecular weight is 243 g/mol. The van der Waals surface area contributed by atoms with Gasteiger partial charge < -0.3 is 4.98 Å². The van der Waals surface area contributed by atoms with E-state index < -0.39 is 0 Å². The molecule has 0 aliphatic heterocycles. The molecule has 3 aromatic carbocycles. The van der Waals surface area contributed by atoms with Crippen molar-refractivity contribution in [1.29, 1.82) is 0 Å². The van der Waals surface area contributed by atoms with Crippen molar-refractivity contribution >= 4 is 21.7 Å². The third-order valence-electron chi connectivity index (χ3n) is 3.66. The van der Waals surface area contributed by atoms with E-state index in [-0.39, 0.29) is 0 Å². The number of benzene rings is 3. The Morgan fingerprint density at radius 3 is 2.32 bits per heavy atom. The van der Waals surface area contributed by atoms with Gasteiger partial charge in [0, 0.05) is 22.5 Å². The fraction of sp³-hybridized carbons (Fsp3) is 0. The highest BCUT2D eigenvalue weighted by atomic mass is 14.7. The third kappa shape index (κ3) is 1.55. The summed E-state index contributed by atoms with van der Waals surface area (Å²) >= 11 is 0. The van der Waals surface area contributed by atoms with E-state index in [4.69, 9.17) is 0 Å². The van der Waals surface area contributed by atoms with Crippen LogP contribution >= 0.6 is 0 Å². The van der Waals surface area contributed by atoms with E-state index in [1.165, 1.54) is 32.8 Å². The molecule has 1 aromatic heterocycles. The molecule has 0 bridgehead atoms. The van der Waals surface area contributed by atoms with Crippen molar-refractivity contribution < 1.29 is 0 Å². The second-order valence-corrected chi connectivity index (χ2v) is 4.78. The Labute approximate surface area is 111 Å². The third-order valence-corrected chi connectivity index (χ3v) is 3.66. The summed E-state index contributed by atoms with van der Waals surface area (Å²) in [5.74, 6) is 0. The van der Waals surface area contributed by atoms with Gasteiger partial charge in [-0.3, -0.25) is 0 Å². The molecule has 0 saturated carbocycles. The molecule has 0 spiro atoms. The first kappa shape index (κ1) is 10.4. The predicted octanol–water partition coefficient (Wildman–Crippen LogP) is 4.99. The fourth-order valence-electron chi connectivity index (χ4n) is 2.73. The van der Waals surface area contributed by atoms with Crippen molar-refractivity contribution in [1.82, 2.24) is 4.98 Å². The molecule has 0 amide bonds. The van der Waals surface area contributed by atoms with Gasteiger partial charge in [0.2, 0.25) is 0 Å². The summed E-state index contributed by atoms with van der Waals surface area (Å²) in [6.07, 6.45) is 2.10. The minimum Gasteiger partial charge on any atom is -0.360 e. The molecule has 1 nitrogen and oxygen atoms in total. The monoisotopic (exact) mass is 243 g/mol. The zero-order chi connectivity index (χ0) is 12.7. The maximum atomic E-state index is 3.43. The van der Waals surface area contributed by atoms with Crippen LogP contribution in [0.5, 0.6) is 0 Å². The molecule has 4 rings (SSSR count). The highest BCUT2D eigenvalue weighted by Gasteiger charge is 2.07. The van der Waals surface area contributed by atoms with Crippen LogP contribution in [-0.4, -0.2) is 4.98 Å². The van der Waals surface area contributed by atoms with Crippen LogP contribution in [0.2, 0.25) is 0 Å². The van der Waals surface area contributed by atoms with E-state index >= 15 is 0 Å². The summed E-state index contributed by atoms with van der Waals surface area (Å²) in [5, 5.41) is 3.84. The molecule has 0 saturated heterocycles. The number of hydrogen-bond acceptors (Lipinski definition) is 0. The quantitative estimate of drug-likeness (QED) is 0.485. The summed E-state index contributed by atoms with van der Waals surface area (Å²) in [6.45, 7) is 0. The molecule has 1 heterocycles. The summed E-state index contributed by atoms with van der Waals surface area (Å²) < 4.78 is 0. The van der Waals surface area contributed by atoms with Crippen LogP contribution in [-0.2, 0) is 0 Å². The first-order valence-corrected chi connectivity index (χ1v) is 6.48. The molecule has 0 aliphatic carbocycles. The van der Waals surface area contributed by atoms with Crippen LogP contribution in [0.15, 0.2) is 72.9 Å². The first-order chi connectivity index (χ1) is 9.43. The van der Waals surface area contributed by atoms with Crippen molar-refractivity contribution in [3.8, 4) is 11.1 Å². The van der Waals surface area contributed by atoms with Crippen LogP contribution < -0.4 is 0 Å². The maximum absolute atomic E-state index is 3.43. The fourth-order valence-corrected chi connectivity index (χ4v) is 2.73. The molecule has 90 valence electrons. The molecule has 19 heavy (non-hydrogen) atoms. The van der Waals surface area contributed by atoms with Gasteiger partial charge in [-0.05, 0) is 10.9 Å². The number of rotatable bonds is 1. The number of fused-ring (bicyclic) bond motifs is 3. The summed E-state index contributed by atoms with van der Waals surface area (Å²) in [5.41, 5.74) is 3.74. The van der Waals surface area contributed by atoms with E-state index in [0.717, 1.165) is 0 Å². The van der Waals surface area contributed by atoms with Gasteiger partial charge in [0.25, 0.3) is 0 Å². The second kappa shape index (κ2) is 3.99. The van der Waals surface area contributed by atoms with Gasteiger partial charge in [0.15, 0.2) is 0 Å². The van der Waals surface area contributed by atoms with E-state index in [9.17, 15) is 0 Å². The van der Waals surface area contributed by atoms with Gasteiger partial charge in [-0.15, -0.1) is 0 Å². The Morgan fingerprint density at radius 1 is 0.632 bits per heavy atom. The van der Waals surface area contributed by atoms with Gasteiger partial charge in [-0.25, -0.2) is 0 Å². The van der Waals surface area contributed by atoms with Crippen LogP contribution in [0, 0.1) is 0 Å². The molecular formula is C18H13N. The van der Waals surface area contributed by atoms with Crippen molar-refractivity contribution in [2.45, 2.75) is 0 Å². The minimum absolute atomic E-state index is 1.22. The van der Waals surface area contributed by atoms with Crippen LogP contribution in [0.3, 0.4) is 0 Å². The molecule has 0 aliphatic rings. The van der Waals surface area contributed by atoms with E-state index in [1.54, 1.807) is 0 Å². The Balaban J connectivity index is 2.08. The van der Waals surface area contributed by atoms with Crippen molar-refractivity contribution in [3.63, 3.8) is 0 Å². The number of nitrogens with one attached hydrogen (secondary N) is 1. The molecule has 0 atom stereocenters. The maximum Gasteiger partial charge on any atom is 0.0540 e. The summed E-state index contributed by atoms with van der Waals surface area (Å²) in [7, 11) is 0. The highest BCUT2D eigenvalue weighted by molar-refractivity contribution is 6.10. The predicted molar refractivity (Wildman–Crippen MR) is 81.2 cm³/mol. The van der Waals surface area contributed by atoms with Gasteiger partial charge in [-0.2, -0.15) is 0 Å². The first-order valence-electron chi connectivity index (χ1n) is 6.48. The topological polar surface area (TPSA) is 15.8 Å². The lowest BCUT2D eigenvalue weighted by atomic mass is 10.0. The zero-order valence-corrected chi connectivity index (χ0v) is 10.4. The van der Waals surface area contributed by atoms with Gasteiger partial charge in [0.1, 0.15) is 0 Å². The van der Waals surface area contributed by atoms with E-state index in [1.807, 2.05) is 6.07 Å². The van der Waals surface area contributed by atoms with Gasteiger partial charge in [0.05, 0.1) is 5.52 Å². The largest absolute Gasteiger partial charge is 0.360 e.